The Morgan fingerprint density at radius 2 is 1.82 bits per heavy atom. The van der Waals surface area contributed by atoms with E-state index in [1.165, 1.54) is 11.1 Å². The van der Waals surface area contributed by atoms with Crippen LogP contribution < -0.4 is 0 Å². The van der Waals surface area contributed by atoms with Crippen molar-refractivity contribution >= 4 is 5.78 Å². The Kier molecular flexibility index (Phi) is 0.698. The van der Waals surface area contributed by atoms with Gasteiger partial charge in [0, 0.05) is 11.1 Å². The highest BCUT2D eigenvalue weighted by atomic mass is 16.1. The number of allylic oxidation sites excluding steroid dienone is 8. The average molecular weight is 142 g/mol. The van der Waals surface area contributed by atoms with Gasteiger partial charge in [-0.1, -0.05) is 12.2 Å². The molecule has 0 saturated heterocycles. The van der Waals surface area contributed by atoms with Gasteiger partial charge in [-0.3, -0.25) is 4.79 Å². The highest BCUT2D eigenvalue weighted by Crippen LogP contribution is 2.41. The van der Waals surface area contributed by atoms with E-state index >= 15 is 0 Å². The molecule has 1 heteroatoms. The second kappa shape index (κ2) is 1.45. The number of rotatable bonds is 0. The van der Waals surface area contributed by atoms with E-state index < -0.39 is 0 Å². The summed E-state index contributed by atoms with van der Waals surface area (Å²) in [5.74, 6) is 0.236. The maximum absolute atomic E-state index is 11.4. The lowest BCUT2D eigenvalue weighted by atomic mass is 10.1. The smallest absolute Gasteiger partial charge is 0.193 e. The van der Waals surface area contributed by atoms with Crippen LogP contribution in [0.2, 0.25) is 0 Å². The van der Waals surface area contributed by atoms with Crippen molar-refractivity contribution < 1.29 is 4.79 Å². The molecule has 2 bridgehead atoms. The molecule has 0 amide bonds. The molecule has 0 atom stereocenters. The van der Waals surface area contributed by atoms with Crippen LogP contribution in [0.15, 0.2) is 46.6 Å². The lowest BCUT2D eigenvalue weighted by Gasteiger charge is -1.97. The lowest BCUT2D eigenvalue weighted by molar-refractivity contribution is -0.111. The van der Waals surface area contributed by atoms with Gasteiger partial charge in [0.25, 0.3) is 0 Å². The summed E-state index contributed by atoms with van der Waals surface area (Å²) in [7, 11) is 0. The van der Waals surface area contributed by atoms with Gasteiger partial charge in [0.05, 0.1) is 0 Å². The van der Waals surface area contributed by atoms with Crippen LogP contribution in [0.4, 0.5) is 0 Å². The molecule has 11 heavy (non-hydrogen) atoms. The van der Waals surface area contributed by atoms with Crippen molar-refractivity contribution in [2.24, 2.45) is 0 Å². The number of Topliss-reactive ketones (excluding diaryl/α,β-unsaturated/α-hetero) is 1. The molecule has 1 nitrogen and oxygen atoms in total. The summed E-state index contributed by atoms with van der Waals surface area (Å²) >= 11 is 0. The summed E-state index contributed by atoms with van der Waals surface area (Å²) in [4.78, 5) is 11.4. The molecule has 0 aliphatic heterocycles. The first kappa shape index (κ1) is 5.30. The fraction of sp³-hybridized carbons (Fsp3) is 0.100. The van der Waals surface area contributed by atoms with Gasteiger partial charge in [-0.15, -0.1) is 0 Å². The first-order valence-corrected chi connectivity index (χ1v) is 3.75. The molecule has 0 aromatic rings. The van der Waals surface area contributed by atoms with E-state index in [9.17, 15) is 4.79 Å². The largest absolute Gasteiger partial charge is 0.289 e. The van der Waals surface area contributed by atoms with Crippen LogP contribution in [0.5, 0.6) is 0 Å². The standard InChI is InChI=1S/C10H6O/c11-10-8-4-5-9(10)7-3-1-2-6(7)8/h1-2,4-5H,3H2. The van der Waals surface area contributed by atoms with Gasteiger partial charge in [0.1, 0.15) is 0 Å². The summed E-state index contributed by atoms with van der Waals surface area (Å²) in [6.07, 6.45) is 8.98. The maximum Gasteiger partial charge on any atom is 0.193 e. The first-order valence-electron chi connectivity index (χ1n) is 3.75. The summed E-state index contributed by atoms with van der Waals surface area (Å²) < 4.78 is 0. The third kappa shape index (κ3) is 0.432. The van der Waals surface area contributed by atoms with E-state index in [4.69, 9.17) is 0 Å². The van der Waals surface area contributed by atoms with Crippen molar-refractivity contribution in [2.75, 3.05) is 0 Å². The minimum Gasteiger partial charge on any atom is -0.289 e. The Hall–Kier alpha value is -1.37. The minimum atomic E-state index is 0.236. The Labute approximate surface area is 64.4 Å². The number of fused-ring (bicyclic) bond motifs is 3. The van der Waals surface area contributed by atoms with Gasteiger partial charge in [0.15, 0.2) is 5.78 Å². The molecule has 0 N–H and O–H groups in total. The maximum atomic E-state index is 11.4. The second-order valence-corrected chi connectivity index (χ2v) is 2.99. The number of carbonyl (C=O) groups is 1. The summed E-state index contributed by atoms with van der Waals surface area (Å²) in [6.45, 7) is 0. The SMILES string of the molecule is O=C1C2=C3C=CCC3=C1C=C2. The van der Waals surface area contributed by atoms with Crippen molar-refractivity contribution in [3.63, 3.8) is 0 Å². The van der Waals surface area contributed by atoms with Gasteiger partial charge in [-0.2, -0.15) is 0 Å². The van der Waals surface area contributed by atoms with E-state index in [2.05, 4.69) is 12.2 Å². The Morgan fingerprint density at radius 1 is 1.00 bits per heavy atom. The molecule has 0 aromatic heterocycles. The molecule has 0 saturated carbocycles. The van der Waals surface area contributed by atoms with E-state index in [1.807, 2.05) is 12.2 Å². The van der Waals surface area contributed by atoms with E-state index in [-0.39, 0.29) is 5.78 Å². The summed E-state index contributed by atoms with van der Waals surface area (Å²) in [5.41, 5.74) is 4.25. The van der Waals surface area contributed by atoms with Crippen LogP contribution in [0.3, 0.4) is 0 Å². The number of hydrogen-bond donors (Lipinski definition) is 0. The zero-order valence-electron chi connectivity index (χ0n) is 5.92. The lowest BCUT2D eigenvalue weighted by Crippen LogP contribution is -1.91. The fourth-order valence-electron chi connectivity index (χ4n) is 1.93. The van der Waals surface area contributed by atoms with Crippen molar-refractivity contribution in [3.05, 3.63) is 46.6 Å². The predicted octanol–water partition coefficient (Wildman–Crippen LogP) is 1.69. The molecule has 3 rings (SSSR count). The molecule has 0 fully saturated rings. The van der Waals surface area contributed by atoms with Crippen molar-refractivity contribution in [3.8, 4) is 0 Å². The average Bonchev–Trinajstić information content (AvgIpc) is 2.61. The molecule has 0 aromatic carbocycles. The van der Waals surface area contributed by atoms with Crippen molar-refractivity contribution in [1.82, 2.24) is 0 Å². The molecular weight excluding hydrogens is 136 g/mol. The van der Waals surface area contributed by atoms with Gasteiger partial charge in [-0.05, 0) is 29.7 Å². The molecule has 52 valence electrons. The first-order chi connectivity index (χ1) is 5.38. The predicted molar refractivity (Wildman–Crippen MR) is 42.0 cm³/mol. The monoisotopic (exact) mass is 142 g/mol. The fourth-order valence-corrected chi connectivity index (χ4v) is 1.93. The summed E-state index contributed by atoms with van der Waals surface area (Å²) in [5, 5.41) is 0. The molecular formula is C10H6O. The molecule has 0 unspecified atom stereocenters. The third-order valence-electron chi connectivity index (χ3n) is 2.45. The van der Waals surface area contributed by atoms with Gasteiger partial charge >= 0.3 is 0 Å². The quantitative estimate of drug-likeness (QED) is 0.503. The van der Waals surface area contributed by atoms with Crippen LogP contribution in [-0.4, -0.2) is 5.78 Å². The molecule has 0 spiro atoms. The highest BCUT2D eigenvalue weighted by molar-refractivity contribution is 6.20. The molecule has 0 radical (unpaired) electrons. The third-order valence-corrected chi connectivity index (χ3v) is 2.45. The normalized spacial score (nSPS) is 24.5. The van der Waals surface area contributed by atoms with E-state index in [0.29, 0.717) is 0 Å². The van der Waals surface area contributed by atoms with Crippen LogP contribution in [0.1, 0.15) is 6.42 Å². The van der Waals surface area contributed by atoms with Gasteiger partial charge < -0.3 is 0 Å². The van der Waals surface area contributed by atoms with Crippen LogP contribution >= 0.6 is 0 Å². The van der Waals surface area contributed by atoms with E-state index in [1.54, 1.807) is 0 Å². The Bertz CT molecular complexity index is 389. The molecule has 3 aliphatic rings. The van der Waals surface area contributed by atoms with Crippen LogP contribution in [0, 0.1) is 0 Å². The molecule has 3 aliphatic carbocycles. The van der Waals surface area contributed by atoms with Gasteiger partial charge in [0.2, 0.25) is 0 Å². The Balaban J connectivity index is 2.44. The van der Waals surface area contributed by atoms with E-state index in [0.717, 1.165) is 17.6 Å². The zero-order valence-corrected chi connectivity index (χ0v) is 5.92. The second-order valence-electron chi connectivity index (χ2n) is 2.99. The minimum absolute atomic E-state index is 0.236. The highest BCUT2D eigenvalue weighted by Gasteiger charge is 2.33. The summed E-state index contributed by atoms with van der Waals surface area (Å²) in [6, 6.07) is 0. The Morgan fingerprint density at radius 3 is 2.64 bits per heavy atom. The van der Waals surface area contributed by atoms with Crippen molar-refractivity contribution in [2.45, 2.75) is 6.42 Å². The molecule has 0 heterocycles. The van der Waals surface area contributed by atoms with Crippen LogP contribution in [0.25, 0.3) is 0 Å². The number of carbonyl (C=O) groups excluding carboxylic acids is 1. The zero-order chi connectivity index (χ0) is 7.42. The number of ketones is 1. The number of hydrogen-bond acceptors (Lipinski definition) is 1. The topological polar surface area (TPSA) is 17.1 Å². The van der Waals surface area contributed by atoms with Gasteiger partial charge in [-0.25, -0.2) is 0 Å². The van der Waals surface area contributed by atoms with Crippen molar-refractivity contribution in [1.29, 1.82) is 0 Å². The van der Waals surface area contributed by atoms with Crippen LogP contribution in [-0.2, 0) is 4.79 Å².